The highest BCUT2D eigenvalue weighted by atomic mass is 32.2. The average Bonchev–Trinajstić information content (AvgIpc) is 3.41. The van der Waals surface area contributed by atoms with Crippen molar-refractivity contribution in [3.8, 4) is 0 Å². The highest BCUT2D eigenvalue weighted by Crippen LogP contribution is 2.49. The van der Waals surface area contributed by atoms with Crippen molar-refractivity contribution in [2.24, 2.45) is 0 Å². The number of pyridine rings is 1. The predicted molar refractivity (Wildman–Crippen MR) is 222 cm³/mol. The summed E-state index contributed by atoms with van der Waals surface area (Å²) in [5.74, 6) is 0. The molecule has 0 N–H and O–H groups in total. The minimum absolute atomic E-state index is 0.227. The van der Waals surface area contributed by atoms with Crippen molar-refractivity contribution in [1.29, 1.82) is 0 Å². The van der Waals surface area contributed by atoms with Gasteiger partial charge in [-0.1, -0.05) is 19.9 Å². The fraction of sp³-hybridized carbons (Fsp3) is 0.442. The highest BCUT2D eigenvalue weighted by Gasteiger charge is 2.45. The molecule has 3 heterocycles. The summed E-state index contributed by atoms with van der Waals surface area (Å²) in [5.41, 5.74) is 6.60. The molecule has 5 rings (SSSR count). The number of hydrogen-bond donors (Lipinski definition) is 0. The quantitative estimate of drug-likeness (QED) is 0.0819. The first kappa shape index (κ1) is 42.2. The largest absolute Gasteiger partial charge is 0.744 e. The maximum absolute atomic E-state index is 12.6. The maximum Gasteiger partial charge on any atom is 0.209 e. The molecule has 0 amide bonds. The second kappa shape index (κ2) is 15.2. The number of anilines is 1. The minimum Gasteiger partial charge on any atom is -0.744 e. The van der Waals surface area contributed by atoms with E-state index >= 15 is 0 Å². The van der Waals surface area contributed by atoms with Crippen LogP contribution >= 0.6 is 0 Å². The van der Waals surface area contributed by atoms with Crippen LogP contribution in [0.25, 0.3) is 5.57 Å². The Balaban J connectivity index is 1.65. The van der Waals surface area contributed by atoms with E-state index in [4.69, 9.17) is 0 Å². The van der Waals surface area contributed by atoms with Gasteiger partial charge in [-0.05, 0) is 85.2 Å². The van der Waals surface area contributed by atoms with Crippen LogP contribution in [0.2, 0.25) is 0 Å². The number of aromatic nitrogens is 1. The molecule has 2 aromatic carbocycles. The van der Waals surface area contributed by atoms with E-state index in [2.05, 4.69) is 109 Å². The number of benzene rings is 2. The van der Waals surface area contributed by atoms with Crippen molar-refractivity contribution in [3.63, 3.8) is 0 Å². The van der Waals surface area contributed by atoms with E-state index in [1.807, 2.05) is 24.3 Å². The maximum atomic E-state index is 12.6. The van der Waals surface area contributed by atoms with Crippen LogP contribution in [0.4, 0.5) is 11.4 Å². The van der Waals surface area contributed by atoms with Crippen molar-refractivity contribution in [1.82, 2.24) is 4.98 Å². The fourth-order valence-corrected chi connectivity index (χ4v) is 8.86. The number of nitrogens with zero attached hydrogens (tertiary/aromatic N) is 5. The second-order valence-electron chi connectivity index (χ2n) is 18.0. The molecule has 3 aromatic rings. The van der Waals surface area contributed by atoms with E-state index in [1.165, 1.54) is 18.4 Å². The Morgan fingerprint density at radius 1 is 0.818 bits per heavy atom. The summed E-state index contributed by atoms with van der Waals surface area (Å²) in [4.78, 5) is 6.62. The van der Waals surface area contributed by atoms with Gasteiger partial charge in [-0.2, -0.15) is 4.58 Å². The molecule has 1 aromatic heterocycles. The van der Waals surface area contributed by atoms with Gasteiger partial charge in [0, 0.05) is 66.1 Å². The molecule has 55 heavy (non-hydrogen) atoms. The van der Waals surface area contributed by atoms with Crippen LogP contribution in [0, 0.1) is 0 Å². The lowest BCUT2D eigenvalue weighted by molar-refractivity contribution is -0.871. The molecule has 0 saturated heterocycles. The van der Waals surface area contributed by atoms with Gasteiger partial charge in [-0.15, -0.1) is 0 Å². The number of fused-ring (bicyclic) bond motifs is 2. The SMILES string of the molecule is CC1(C)C(=CC=C(C=CC2=[N+](CCC[N+](C)(C)C)c3ccc(S(C)(=O)=O)cc3C2(C)C)c2ccncc2)N(CCC[N+](C)(C)C)c2ccc(S(=O)(=O)[O-])cc21. The van der Waals surface area contributed by atoms with Crippen LogP contribution < -0.4 is 4.90 Å². The first-order chi connectivity index (χ1) is 25.3. The molecule has 0 aliphatic carbocycles. The summed E-state index contributed by atoms with van der Waals surface area (Å²) in [6.07, 6.45) is 15.1. The van der Waals surface area contributed by atoms with E-state index < -0.39 is 30.8 Å². The number of hydrogen-bond acceptors (Lipinski definition) is 7. The number of allylic oxidation sites excluding steroid dienone is 6. The molecule has 0 unspecified atom stereocenters. The van der Waals surface area contributed by atoms with Crippen LogP contribution in [0.3, 0.4) is 0 Å². The zero-order valence-corrected chi connectivity index (χ0v) is 36.1. The van der Waals surface area contributed by atoms with Crippen LogP contribution in [0.1, 0.15) is 57.2 Å². The van der Waals surface area contributed by atoms with Crippen molar-refractivity contribution < 1.29 is 34.9 Å². The van der Waals surface area contributed by atoms with Gasteiger partial charge in [-0.25, -0.2) is 16.8 Å². The Kier molecular flexibility index (Phi) is 11.7. The van der Waals surface area contributed by atoms with Crippen molar-refractivity contribution in [2.75, 3.05) is 79.6 Å². The highest BCUT2D eigenvalue weighted by molar-refractivity contribution is 7.90. The fourth-order valence-electron chi connectivity index (χ4n) is 7.71. The Morgan fingerprint density at radius 2 is 1.42 bits per heavy atom. The summed E-state index contributed by atoms with van der Waals surface area (Å²) in [6.45, 7) is 11.9. The summed E-state index contributed by atoms with van der Waals surface area (Å²) in [5, 5.41) is 0. The lowest BCUT2D eigenvalue weighted by atomic mass is 9.81. The Morgan fingerprint density at radius 3 is 2.02 bits per heavy atom. The first-order valence-corrected chi connectivity index (χ1v) is 22.1. The lowest BCUT2D eigenvalue weighted by Crippen LogP contribution is -2.37. The van der Waals surface area contributed by atoms with Gasteiger partial charge in [0.15, 0.2) is 22.1 Å². The third-order valence-corrected chi connectivity index (χ3v) is 12.7. The molecular formula is C43H59N5O5S2+2. The molecular weight excluding hydrogens is 731 g/mol. The topological polar surface area (TPSA) is 110 Å². The van der Waals surface area contributed by atoms with Crippen LogP contribution in [0.5, 0.6) is 0 Å². The predicted octanol–water partition coefficient (Wildman–Crippen LogP) is 6.28. The van der Waals surface area contributed by atoms with E-state index in [-0.39, 0.29) is 4.90 Å². The van der Waals surface area contributed by atoms with Gasteiger partial charge >= 0.3 is 0 Å². The molecule has 0 radical (unpaired) electrons. The van der Waals surface area contributed by atoms with Crippen LogP contribution in [0.15, 0.2) is 101 Å². The molecule has 0 saturated carbocycles. The minimum atomic E-state index is -4.63. The molecule has 0 atom stereocenters. The van der Waals surface area contributed by atoms with Crippen molar-refractivity contribution in [3.05, 3.63) is 108 Å². The van der Waals surface area contributed by atoms with Crippen molar-refractivity contribution >= 4 is 42.6 Å². The molecule has 0 spiro atoms. The molecule has 296 valence electrons. The Hall–Kier alpha value is -3.94. The van der Waals surface area contributed by atoms with E-state index in [9.17, 15) is 21.4 Å². The normalized spacial score (nSPS) is 18.1. The Bertz CT molecular complexity index is 2290. The van der Waals surface area contributed by atoms with Gasteiger partial charge in [0.05, 0.1) is 77.0 Å². The van der Waals surface area contributed by atoms with Crippen LogP contribution in [-0.4, -0.2) is 120 Å². The summed E-state index contributed by atoms with van der Waals surface area (Å²) < 4.78 is 65.6. The second-order valence-corrected chi connectivity index (χ2v) is 21.4. The van der Waals surface area contributed by atoms with Crippen molar-refractivity contribution in [2.45, 2.75) is 61.2 Å². The molecule has 0 fully saturated rings. The monoisotopic (exact) mass is 789 g/mol. The van der Waals surface area contributed by atoms with Gasteiger partial charge in [0.2, 0.25) is 5.69 Å². The zero-order chi connectivity index (χ0) is 40.8. The molecule has 2 aliphatic heterocycles. The zero-order valence-electron chi connectivity index (χ0n) is 34.4. The number of sulfone groups is 1. The Labute approximate surface area is 329 Å². The summed E-state index contributed by atoms with van der Waals surface area (Å²) in [7, 11) is 5.01. The number of quaternary nitrogens is 2. The van der Waals surface area contributed by atoms with E-state index in [1.54, 1.807) is 24.5 Å². The van der Waals surface area contributed by atoms with E-state index in [0.717, 1.165) is 93.0 Å². The summed E-state index contributed by atoms with van der Waals surface area (Å²) >= 11 is 0. The number of rotatable bonds is 14. The molecule has 12 heteroatoms. The first-order valence-electron chi connectivity index (χ1n) is 18.8. The van der Waals surface area contributed by atoms with Gasteiger partial charge in [0.25, 0.3) is 0 Å². The smallest absolute Gasteiger partial charge is 0.209 e. The van der Waals surface area contributed by atoms with Gasteiger partial charge in [0.1, 0.15) is 10.1 Å². The van der Waals surface area contributed by atoms with E-state index in [0.29, 0.717) is 4.90 Å². The molecule has 2 aliphatic rings. The van der Waals surface area contributed by atoms with Gasteiger partial charge in [-0.3, -0.25) is 4.98 Å². The lowest BCUT2D eigenvalue weighted by Gasteiger charge is -2.29. The standard InChI is InChI=1S/C43H59N5O5S2/c1-42(2)36-30-34(54(11,49)50)16-18-38(36)45(26-12-28-47(5,6)7)40(42)20-14-32(33-22-24-44-25-23-33)15-21-41-43(3,4)37-31-35(55(51,52)53)17-19-39(37)46(41)27-13-29-48(8,9)10/h14-25,30-31H,12-13,26-29H2,1-11H3/q+2. The average molecular weight is 790 g/mol. The molecule has 10 nitrogen and oxygen atoms in total. The molecule has 0 bridgehead atoms. The third-order valence-electron chi connectivity index (χ3n) is 10.7. The van der Waals surface area contributed by atoms with Gasteiger partial charge < -0.3 is 18.4 Å². The summed E-state index contributed by atoms with van der Waals surface area (Å²) in [6, 6.07) is 14.2. The van der Waals surface area contributed by atoms with Crippen LogP contribution in [-0.2, 0) is 30.8 Å². The third kappa shape index (κ3) is 9.55.